The molecule has 66 valence electrons. The van der Waals surface area contributed by atoms with Crippen molar-refractivity contribution in [1.29, 1.82) is 0 Å². The van der Waals surface area contributed by atoms with Gasteiger partial charge in [0.1, 0.15) is 6.10 Å². The van der Waals surface area contributed by atoms with E-state index < -0.39 is 0 Å². The van der Waals surface area contributed by atoms with Crippen LogP contribution < -0.4 is 9.80 Å². The van der Waals surface area contributed by atoms with Crippen LogP contribution >= 0.6 is 0 Å². The van der Waals surface area contributed by atoms with Gasteiger partial charge in [0.15, 0.2) is 5.82 Å². The van der Waals surface area contributed by atoms with Crippen LogP contribution in [0.5, 0.6) is 6.01 Å². The maximum absolute atomic E-state index is 9.05. The summed E-state index contributed by atoms with van der Waals surface area (Å²) in [7, 11) is 1.53. The third kappa shape index (κ3) is 1.02. The van der Waals surface area contributed by atoms with Gasteiger partial charge in [-0.2, -0.15) is 4.98 Å². The molecule has 5 heteroatoms. The lowest BCUT2D eigenvalue weighted by molar-refractivity contribution is 0.242. The highest BCUT2D eigenvalue weighted by Gasteiger charge is 2.21. The summed E-state index contributed by atoms with van der Waals surface area (Å²) >= 11 is 0. The number of hydrogen-bond acceptors (Lipinski definition) is 4. The molecule has 5 nitrogen and oxygen atoms in total. The van der Waals surface area contributed by atoms with Gasteiger partial charge in [-0.05, 0) is 6.92 Å². The molecule has 1 aromatic heterocycles. The van der Waals surface area contributed by atoms with Gasteiger partial charge in [0.2, 0.25) is 0 Å². The topological polar surface area (TPSA) is 50.5 Å². The van der Waals surface area contributed by atoms with Gasteiger partial charge in [0.25, 0.3) is 6.01 Å². The van der Waals surface area contributed by atoms with Crippen molar-refractivity contribution >= 4 is 5.82 Å². The number of anilines is 1. The van der Waals surface area contributed by atoms with E-state index in [1.165, 1.54) is 7.05 Å². The average molecular weight is 169 g/mol. The number of aromatic nitrogens is 2. The molecule has 0 saturated carbocycles. The van der Waals surface area contributed by atoms with Crippen molar-refractivity contribution in [2.24, 2.45) is 0 Å². The summed E-state index contributed by atoms with van der Waals surface area (Å²) in [5.74, 6) is 0.511. The van der Waals surface area contributed by atoms with Gasteiger partial charge in [-0.25, -0.2) is 5.06 Å². The van der Waals surface area contributed by atoms with Crippen LogP contribution in [0.25, 0.3) is 0 Å². The lowest BCUT2D eigenvalue weighted by Crippen LogP contribution is -2.12. The Hall–Kier alpha value is -1.23. The SMILES string of the molecule is C[C@@H]1Cn2cc(N(C)O)nc2O1. The van der Waals surface area contributed by atoms with Crippen molar-refractivity contribution in [2.45, 2.75) is 19.6 Å². The predicted molar refractivity (Wildman–Crippen MR) is 42.5 cm³/mol. The monoisotopic (exact) mass is 169 g/mol. The van der Waals surface area contributed by atoms with E-state index in [0.29, 0.717) is 11.8 Å². The van der Waals surface area contributed by atoms with Crippen molar-refractivity contribution < 1.29 is 9.94 Å². The van der Waals surface area contributed by atoms with Crippen molar-refractivity contribution in [3.63, 3.8) is 0 Å². The first-order valence-electron chi connectivity index (χ1n) is 3.83. The van der Waals surface area contributed by atoms with Crippen LogP contribution in [-0.2, 0) is 6.54 Å². The first kappa shape index (κ1) is 7.42. The number of nitrogens with zero attached hydrogens (tertiary/aromatic N) is 3. The molecule has 0 spiro atoms. The molecule has 1 N–H and O–H groups in total. The molecule has 0 fully saturated rings. The van der Waals surface area contributed by atoms with Crippen molar-refractivity contribution in [2.75, 3.05) is 12.1 Å². The van der Waals surface area contributed by atoms with Gasteiger partial charge in [-0.15, -0.1) is 0 Å². The first-order valence-corrected chi connectivity index (χ1v) is 3.83. The minimum atomic E-state index is 0.186. The van der Waals surface area contributed by atoms with Crippen LogP contribution in [0.3, 0.4) is 0 Å². The summed E-state index contributed by atoms with van der Waals surface area (Å²) in [6.07, 6.45) is 1.95. The average Bonchev–Trinajstić information content (AvgIpc) is 2.42. The molecular weight excluding hydrogens is 158 g/mol. The smallest absolute Gasteiger partial charge is 0.298 e. The highest BCUT2D eigenvalue weighted by atomic mass is 16.5. The number of hydrogen-bond donors (Lipinski definition) is 1. The Kier molecular flexibility index (Phi) is 1.47. The van der Waals surface area contributed by atoms with Crippen molar-refractivity contribution in [3.8, 4) is 6.01 Å². The Balaban J connectivity index is 2.28. The molecule has 0 bridgehead atoms. The Morgan fingerprint density at radius 2 is 2.58 bits per heavy atom. The largest absolute Gasteiger partial charge is 0.460 e. The fourth-order valence-electron chi connectivity index (χ4n) is 1.26. The Morgan fingerprint density at radius 3 is 3.17 bits per heavy atom. The van der Waals surface area contributed by atoms with E-state index >= 15 is 0 Å². The normalized spacial score (nSPS) is 20.4. The Labute approximate surface area is 70.1 Å². The molecule has 1 aromatic rings. The van der Waals surface area contributed by atoms with Crippen LogP contribution in [0, 0.1) is 0 Å². The Morgan fingerprint density at radius 1 is 1.83 bits per heavy atom. The molecule has 0 unspecified atom stereocenters. The fourth-order valence-corrected chi connectivity index (χ4v) is 1.26. The van der Waals surface area contributed by atoms with Crippen LogP contribution in [0.15, 0.2) is 6.20 Å². The molecule has 1 atom stereocenters. The van der Waals surface area contributed by atoms with Crippen molar-refractivity contribution in [1.82, 2.24) is 9.55 Å². The minimum Gasteiger partial charge on any atom is -0.460 e. The van der Waals surface area contributed by atoms with Crippen molar-refractivity contribution in [3.05, 3.63) is 6.20 Å². The molecule has 0 radical (unpaired) electrons. The van der Waals surface area contributed by atoms with E-state index in [0.717, 1.165) is 11.6 Å². The van der Waals surface area contributed by atoms with E-state index in [1.54, 1.807) is 6.20 Å². The number of fused-ring (bicyclic) bond motifs is 1. The molecular formula is C7H11N3O2. The number of rotatable bonds is 1. The summed E-state index contributed by atoms with van der Waals surface area (Å²) in [4.78, 5) is 4.06. The number of ether oxygens (including phenoxy) is 1. The lowest BCUT2D eigenvalue weighted by atomic mass is 10.4. The zero-order valence-electron chi connectivity index (χ0n) is 7.06. The lowest BCUT2D eigenvalue weighted by Gasteiger charge is -2.05. The van der Waals surface area contributed by atoms with Gasteiger partial charge >= 0.3 is 0 Å². The summed E-state index contributed by atoms with van der Waals surface area (Å²) in [5, 5.41) is 10.0. The van der Waals surface area contributed by atoms with E-state index in [9.17, 15) is 0 Å². The number of hydroxylamine groups is 1. The maximum Gasteiger partial charge on any atom is 0.298 e. The van der Waals surface area contributed by atoms with Crippen LogP contribution in [0.2, 0.25) is 0 Å². The third-order valence-corrected chi connectivity index (χ3v) is 1.82. The van der Waals surface area contributed by atoms with Crippen LogP contribution in [0.1, 0.15) is 6.92 Å². The molecule has 12 heavy (non-hydrogen) atoms. The van der Waals surface area contributed by atoms with Crippen LogP contribution in [-0.4, -0.2) is 27.9 Å². The number of imidazole rings is 1. The molecule has 2 heterocycles. The highest BCUT2D eigenvalue weighted by molar-refractivity contribution is 5.35. The zero-order valence-corrected chi connectivity index (χ0v) is 7.06. The van der Waals surface area contributed by atoms with Gasteiger partial charge in [-0.1, -0.05) is 0 Å². The molecule has 2 rings (SSSR count). The summed E-state index contributed by atoms with van der Waals surface area (Å²) in [6.45, 7) is 2.78. The molecule has 1 aliphatic rings. The third-order valence-electron chi connectivity index (χ3n) is 1.82. The maximum atomic E-state index is 9.05. The fraction of sp³-hybridized carbons (Fsp3) is 0.571. The Bertz CT molecular complexity index is 271. The second-order valence-corrected chi connectivity index (χ2v) is 2.99. The molecule has 1 aliphatic heterocycles. The van der Waals surface area contributed by atoms with E-state index in [2.05, 4.69) is 4.98 Å². The standard InChI is InChI=1S/C7H11N3O2/c1-5-3-10-4-6(9(2)11)8-7(10)12-5/h4-5,11H,3H2,1-2H3/t5-/m1/s1. The first-order chi connectivity index (χ1) is 5.66. The predicted octanol–water partition coefficient (Wildman–Crippen LogP) is 0.489. The zero-order chi connectivity index (χ0) is 8.72. The minimum absolute atomic E-state index is 0.186. The van der Waals surface area contributed by atoms with Gasteiger partial charge in [-0.3, -0.25) is 9.77 Å². The molecule has 0 aliphatic carbocycles. The molecule has 0 saturated heterocycles. The van der Waals surface area contributed by atoms with Gasteiger partial charge in [0, 0.05) is 7.05 Å². The quantitative estimate of drug-likeness (QED) is 0.621. The van der Waals surface area contributed by atoms with E-state index in [-0.39, 0.29) is 6.10 Å². The summed E-state index contributed by atoms with van der Waals surface area (Å²) < 4.78 is 7.23. The molecule has 0 aromatic carbocycles. The molecule has 0 amide bonds. The highest BCUT2D eigenvalue weighted by Crippen LogP contribution is 2.24. The van der Waals surface area contributed by atoms with Gasteiger partial charge < -0.3 is 4.74 Å². The second-order valence-electron chi connectivity index (χ2n) is 2.99. The van der Waals surface area contributed by atoms with E-state index in [1.807, 2.05) is 11.5 Å². The van der Waals surface area contributed by atoms with Crippen LogP contribution in [0.4, 0.5) is 5.82 Å². The summed E-state index contributed by atoms with van der Waals surface area (Å²) in [6, 6.07) is 0.582. The van der Waals surface area contributed by atoms with Gasteiger partial charge in [0.05, 0.1) is 12.7 Å². The second kappa shape index (κ2) is 2.38. The van der Waals surface area contributed by atoms with E-state index in [4.69, 9.17) is 9.94 Å². The summed E-state index contributed by atoms with van der Waals surface area (Å²) in [5.41, 5.74) is 0.